The van der Waals surface area contributed by atoms with E-state index in [1.165, 1.54) is 44.4 Å². The van der Waals surface area contributed by atoms with Crippen molar-refractivity contribution < 1.29 is 19.2 Å². The molecule has 4 aliphatic carbocycles. The molecule has 150 valence electrons. The van der Waals surface area contributed by atoms with Gasteiger partial charge < -0.3 is 10.1 Å². The highest BCUT2D eigenvalue weighted by Crippen LogP contribution is 2.60. The molecule has 0 aromatic heterocycles. The number of benzene rings is 1. The summed E-state index contributed by atoms with van der Waals surface area (Å²) < 4.78 is 5.57. The fraction of sp³-hybridized carbons (Fsp3) is 0.600. The zero-order chi connectivity index (χ0) is 20.1. The number of nitrogens with zero attached hydrogens (tertiary/aromatic N) is 1. The number of hydrogen-bond donors (Lipinski definition) is 1. The van der Waals surface area contributed by atoms with Crippen LogP contribution in [0.25, 0.3) is 0 Å². The van der Waals surface area contributed by atoms with Gasteiger partial charge in [0.1, 0.15) is 0 Å². The van der Waals surface area contributed by atoms with E-state index < -0.39 is 22.3 Å². The molecule has 0 saturated heterocycles. The lowest BCUT2D eigenvalue weighted by molar-refractivity contribution is -0.384. The number of non-ortho nitro benzene ring substituents is 1. The average Bonchev–Trinajstić information content (AvgIpc) is 2.61. The molecule has 1 atom stereocenters. The molecule has 1 amide bonds. The molecule has 8 heteroatoms. The third kappa shape index (κ3) is 3.48. The van der Waals surface area contributed by atoms with Gasteiger partial charge in [0.25, 0.3) is 11.6 Å². The number of halogens is 1. The lowest BCUT2D eigenvalue weighted by Gasteiger charge is -2.55. The van der Waals surface area contributed by atoms with Crippen LogP contribution in [0.3, 0.4) is 0 Å². The van der Waals surface area contributed by atoms with E-state index in [9.17, 15) is 19.7 Å². The van der Waals surface area contributed by atoms with Crippen molar-refractivity contribution in [3.8, 4) is 0 Å². The Bertz CT molecular complexity index is 805. The Hall–Kier alpha value is -2.15. The second kappa shape index (κ2) is 7.03. The summed E-state index contributed by atoms with van der Waals surface area (Å²) in [6, 6.07) is 3.79. The van der Waals surface area contributed by atoms with Gasteiger partial charge in [-0.1, -0.05) is 11.6 Å². The highest BCUT2D eigenvalue weighted by molar-refractivity contribution is 6.34. The zero-order valence-corrected chi connectivity index (χ0v) is 16.4. The first-order chi connectivity index (χ1) is 13.3. The van der Waals surface area contributed by atoms with Crippen molar-refractivity contribution in [3.05, 3.63) is 33.3 Å². The molecule has 1 N–H and O–H groups in total. The Morgan fingerprint density at radius 2 is 1.79 bits per heavy atom. The van der Waals surface area contributed by atoms with Crippen molar-refractivity contribution in [1.29, 1.82) is 0 Å². The van der Waals surface area contributed by atoms with Gasteiger partial charge in [-0.2, -0.15) is 0 Å². The van der Waals surface area contributed by atoms with Crippen LogP contribution in [-0.2, 0) is 14.3 Å². The smallest absolute Gasteiger partial charge is 0.312 e. The highest BCUT2D eigenvalue weighted by Gasteiger charge is 2.55. The van der Waals surface area contributed by atoms with Gasteiger partial charge in [-0.15, -0.1) is 0 Å². The number of hydrogen-bond acceptors (Lipinski definition) is 5. The summed E-state index contributed by atoms with van der Waals surface area (Å²) in [6.07, 6.45) is 5.33. The SMILES string of the molecule is CC(OC(=O)C12CC3CC(CC(C3)C1)C2)C(=O)Nc1ccc([N+](=O)[O-])cc1Cl. The third-order valence-electron chi connectivity index (χ3n) is 6.55. The Labute approximate surface area is 167 Å². The number of amides is 1. The van der Waals surface area contributed by atoms with Crippen molar-refractivity contribution in [2.75, 3.05) is 5.32 Å². The Balaban J connectivity index is 1.40. The Morgan fingerprint density at radius 3 is 2.29 bits per heavy atom. The third-order valence-corrected chi connectivity index (χ3v) is 6.86. The van der Waals surface area contributed by atoms with Gasteiger partial charge in [-0.25, -0.2) is 0 Å². The zero-order valence-electron chi connectivity index (χ0n) is 15.7. The van der Waals surface area contributed by atoms with Crippen LogP contribution < -0.4 is 5.32 Å². The van der Waals surface area contributed by atoms with Gasteiger partial charge in [0.2, 0.25) is 0 Å². The maximum atomic E-state index is 12.9. The van der Waals surface area contributed by atoms with Crippen LogP contribution in [0.1, 0.15) is 45.4 Å². The van der Waals surface area contributed by atoms with E-state index in [2.05, 4.69) is 5.32 Å². The van der Waals surface area contributed by atoms with Gasteiger partial charge in [0.15, 0.2) is 6.10 Å². The summed E-state index contributed by atoms with van der Waals surface area (Å²) >= 11 is 6.01. The van der Waals surface area contributed by atoms with E-state index in [0.717, 1.165) is 19.3 Å². The number of nitrogens with one attached hydrogen (secondary N) is 1. The second-order valence-electron chi connectivity index (χ2n) is 8.66. The quantitative estimate of drug-likeness (QED) is 0.445. The highest BCUT2D eigenvalue weighted by atomic mass is 35.5. The number of nitro benzene ring substituents is 1. The van der Waals surface area contributed by atoms with Crippen LogP contribution in [0.2, 0.25) is 5.02 Å². The molecule has 1 aromatic carbocycles. The number of carbonyl (C=O) groups is 2. The molecule has 0 aliphatic heterocycles. The molecule has 4 bridgehead atoms. The van der Waals surface area contributed by atoms with E-state index in [0.29, 0.717) is 17.8 Å². The number of esters is 1. The van der Waals surface area contributed by atoms with Crippen LogP contribution in [0.15, 0.2) is 18.2 Å². The molecule has 0 heterocycles. The molecule has 1 aromatic rings. The number of rotatable bonds is 5. The van der Waals surface area contributed by atoms with E-state index in [4.69, 9.17) is 16.3 Å². The molecule has 4 aliphatic rings. The Morgan fingerprint density at radius 1 is 1.21 bits per heavy atom. The molecular weight excluding hydrogens is 384 g/mol. The number of ether oxygens (including phenoxy) is 1. The maximum Gasteiger partial charge on any atom is 0.312 e. The van der Waals surface area contributed by atoms with Gasteiger partial charge in [0, 0.05) is 12.1 Å². The minimum atomic E-state index is -0.966. The Kier molecular flexibility index (Phi) is 4.81. The fourth-order valence-corrected chi connectivity index (χ4v) is 5.88. The summed E-state index contributed by atoms with van der Waals surface area (Å²) in [4.78, 5) is 35.6. The van der Waals surface area contributed by atoms with Crippen LogP contribution in [0, 0.1) is 33.3 Å². The predicted molar refractivity (Wildman–Crippen MR) is 103 cm³/mol. The number of nitro groups is 1. The van der Waals surface area contributed by atoms with Crippen molar-refractivity contribution in [1.82, 2.24) is 0 Å². The second-order valence-corrected chi connectivity index (χ2v) is 9.06. The van der Waals surface area contributed by atoms with E-state index in [1.54, 1.807) is 0 Å². The van der Waals surface area contributed by atoms with Crippen molar-refractivity contribution >= 4 is 34.9 Å². The summed E-state index contributed by atoms with van der Waals surface area (Å²) in [5, 5.41) is 13.4. The first-order valence-corrected chi connectivity index (χ1v) is 10.1. The monoisotopic (exact) mass is 406 g/mol. The topological polar surface area (TPSA) is 98.5 Å². The maximum absolute atomic E-state index is 12.9. The molecule has 0 spiro atoms. The van der Waals surface area contributed by atoms with Crippen LogP contribution in [0.5, 0.6) is 0 Å². The van der Waals surface area contributed by atoms with Crippen molar-refractivity contribution in [2.45, 2.75) is 51.6 Å². The summed E-state index contributed by atoms with van der Waals surface area (Å²) in [7, 11) is 0. The summed E-state index contributed by atoms with van der Waals surface area (Å²) in [5.41, 5.74) is -0.340. The number of anilines is 1. The van der Waals surface area contributed by atoms with Crippen molar-refractivity contribution in [2.24, 2.45) is 23.2 Å². The molecule has 7 nitrogen and oxygen atoms in total. The first-order valence-electron chi connectivity index (χ1n) is 9.71. The normalized spacial score (nSPS) is 31.3. The number of carbonyl (C=O) groups excluding carboxylic acids is 2. The van der Waals surface area contributed by atoms with E-state index >= 15 is 0 Å². The van der Waals surface area contributed by atoms with Gasteiger partial charge in [0.05, 0.1) is 21.0 Å². The minimum Gasteiger partial charge on any atom is -0.452 e. The van der Waals surface area contributed by atoms with Crippen LogP contribution >= 0.6 is 11.6 Å². The fourth-order valence-electron chi connectivity index (χ4n) is 5.65. The summed E-state index contributed by atoms with van der Waals surface area (Å²) in [6.45, 7) is 1.53. The van der Waals surface area contributed by atoms with Gasteiger partial charge in [-0.05, 0) is 69.3 Å². The minimum absolute atomic E-state index is 0.0576. The van der Waals surface area contributed by atoms with E-state index in [-0.39, 0.29) is 22.4 Å². The molecule has 0 radical (unpaired) electrons. The lowest BCUT2D eigenvalue weighted by atomic mass is 9.49. The van der Waals surface area contributed by atoms with E-state index in [1.807, 2.05) is 0 Å². The van der Waals surface area contributed by atoms with Crippen LogP contribution in [-0.4, -0.2) is 22.9 Å². The summed E-state index contributed by atoms with van der Waals surface area (Å²) in [5.74, 6) is 1.07. The standard InChI is InChI=1S/C20H23ClN2O5/c1-11(18(24)22-17-3-2-15(23(26)27)7-16(17)21)28-19(25)20-8-12-4-13(9-20)6-14(5-12)10-20/h2-3,7,11-14H,4-6,8-10H2,1H3,(H,22,24). The predicted octanol–water partition coefficient (Wildman–Crippen LogP) is 4.33. The molecule has 4 fully saturated rings. The first kappa shape index (κ1) is 19.2. The molecule has 1 unspecified atom stereocenters. The largest absolute Gasteiger partial charge is 0.452 e. The van der Waals surface area contributed by atoms with Crippen LogP contribution in [0.4, 0.5) is 11.4 Å². The molecule has 4 saturated carbocycles. The van der Waals surface area contributed by atoms with Crippen molar-refractivity contribution in [3.63, 3.8) is 0 Å². The lowest BCUT2D eigenvalue weighted by Crippen LogP contribution is -2.51. The average molecular weight is 407 g/mol. The molecule has 5 rings (SSSR count). The molecular formula is C20H23ClN2O5. The van der Waals surface area contributed by atoms with Gasteiger partial charge >= 0.3 is 5.97 Å². The van der Waals surface area contributed by atoms with Gasteiger partial charge in [-0.3, -0.25) is 19.7 Å². The molecule has 28 heavy (non-hydrogen) atoms.